The fourth-order valence-electron chi connectivity index (χ4n) is 2.18. The number of hydrazone groups is 2. The third kappa shape index (κ3) is 5.15. The van der Waals surface area contributed by atoms with Gasteiger partial charge in [0, 0.05) is 0 Å². The summed E-state index contributed by atoms with van der Waals surface area (Å²) in [5, 5.41) is 27.3. The third-order valence-electron chi connectivity index (χ3n) is 3.67. The Hall–Kier alpha value is -3.68. The SMILES string of the molecule is CCC(=N\NC(=O)c1ccccc1O)/C(C)=N/NC(=O)c1ccccc1O. The summed E-state index contributed by atoms with van der Waals surface area (Å²) in [5.74, 6) is -1.43. The van der Waals surface area contributed by atoms with E-state index >= 15 is 0 Å². The Balaban J connectivity index is 2.07. The molecular formula is C19H20N4O4. The number of aromatic hydroxyl groups is 2. The highest BCUT2D eigenvalue weighted by Gasteiger charge is 2.12. The fraction of sp³-hybridized carbons (Fsp3) is 0.158. The maximum atomic E-state index is 12.1. The summed E-state index contributed by atoms with van der Waals surface area (Å²) in [6.45, 7) is 3.44. The number of nitrogens with one attached hydrogen (secondary N) is 2. The third-order valence-corrected chi connectivity index (χ3v) is 3.67. The Kier molecular flexibility index (Phi) is 6.65. The van der Waals surface area contributed by atoms with Gasteiger partial charge < -0.3 is 10.2 Å². The fourth-order valence-corrected chi connectivity index (χ4v) is 2.18. The van der Waals surface area contributed by atoms with Crippen molar-refractivity contribution in [3.8, 4) is 11.5 Å². The second-order valence-electron chi connectivity index (χ2n) is 5.53. The number of benzene rings is 2. The summed E-state index contributed by atoms with van der Waals surface area (Å²) in [7, 11) is 0. The zero-order valence-electron chi connectivity index (χ0n) is 14.9. The Morgan fingerprint density at radius 3 is 1.74 bits per heavy atom. The highest BCUT2D eigenvalue weighted by atomic mass is 16.3. The molecule has 0 saturated carbocycles. The van der Waals surface area contributed by atoms with Crippen LogP contribution in [0.4, 0.5) is 0 Å². The van der Waals surface area contributed by atoms with E-state index in [-0.39, 0.29) is 22.6 Å². The summed E-state index contributed by atoms with van der Waals surface area (Å²) in [5.41, 5.74) is 5.71. The molecule has 0 fully saturated rings. The molecule has 0 saturated heterocycles. The molecule has 8 nitrogen and oxygen atoms in total. The largest absolute Gasteiger partial charge is 0.507 e. The number of carbonyl (C=O) groups excluding carboxylic acids is 2. The second kappa shape index (κ2) is 9.14. The molecule has 2 rings (SSSR count). The quantitative estimate of drug-likeness (QED) is 0.462. The van der Waals surface area contributed by atoms with E-state index in [0.717, 1.165) is 0 Å². The minimum atomic E-state index is -0.568. The molecule has 4 N–H and O–H groups in total. The lowest BCUT2D eigenvalue weighted by Crippen LogP contribution is -2.25. The Morgan fingerprint density at radius 2 is 1.30 bits per heavy atom. The first-order chi connectivity index (χ1) is 12.9. The van der Waals surface area contributed by atoms with E-state index in [9.17, 15) is 19.8 Å². The van der Waals surface area contributed by atoms with Crippen molar-refractivity contribution >= 4 is 23.2 Å². The lowest BCUT2D eigenvalue weighted by atomic mass is 10.2. The van der Waals surface area contributed by atoms with Gasteiger partial charge in [-0.25, -0.2) is 10.9 Å². The maximum Gasteiger partial charge on any atom is 0.275 e. The van der Waals surface area contributed by atoms with Crippen LogP contribution in [-0.2, 0) is 0 Å². The summed E-state index contributed by atoms with van der Waals surface area (Å²) >= 11 is 0. The molecule has 2 amide bonds. The number of phenols is 2. The van der Waals surface area contributed by atoms with Crippen molar-refractivity contribution in [2.45, 2.75) is 20.3 Å². The van der Waals surface area contributed by atoms with Crippen LogP contribution in [0, 0.1) is 0 Å². The van der Waals surface area contributed by atoms with E-state index in [1.165, 1.54) is 24.3 Å². The molecule has 2 aromatic carbocycles. The van der Waals surface area contributed by atoms with Gasteiger partial charge in [-0.05, 0) is 37.6 Å². The molecule has 8 heteroatoms. The van der Waals surface area contributed by atoms with Crippen LogP contribution in [0.3, 0.4) is 0 Å². The molecule has 0 aromatic heterocycles. The molecule has 0 spiro atoms. The minimum absolute atomic E-state index is 0.0943. The van der Waals surface area contributed by atoms with Gasteiger partial charge in [-0.1, -0.05) is 31.2 Å². The summed E-state index contributed by atoms with van der Waals surface area (Å²) in [6.07, 6.45) is 0.447. The maximum absolute atomic E-state index is 12.1. The zero-order chi connectivity index (χ0) is 19.8. The molecule has 0 atom stereocenters. The van der Waals surface area contributed by atoms with Crippen molar-refractivity contribution in [1.29, 1.82) is 0 Å². The molecule has 0 aliphatic heterocycles. The van der Waals surface area contributed by atoms with Crippen LogP contribution in [0.5, 0.6) is 11.5 Å². The van der Waals surface area contributed by atoms with E-state index in [2.05, 4.69) is 21.1 Å². The highest BCUT2D eigenvalue weighted by molar-refractivity contribution is 6.41. The van der Waals surface area contributed by atoms with Crippen molar-refractivity contribution in [3.05, 3.63) is 59.7 Å². The monoisotopic (exact) mass is 368 g/mol. The highest BCUT2D eigenvalue weighted by Crippen LogP contribution is 2.15. The summed E-state index contributed by atoms with van der Waals surface area (Å²) < 4.78 is 0. The number of hydrogen-bond acceptors (Lipinski definition) is 6. The van der Waals surface area contributed by atoms with Gasteiger partial charge in [-0.3, -0.25) is 9.59 Å². The number of phenolic OH excluding ortho intramolecular Hbond substituents is 2. The number of rotatable bonds is 6. The molecule has 0 unspecified atom stereocenters. The first kappa shape index (κ1) is 19.6. The normalized spacial score (nSPS) is 11.8. The molecule has 140 valence electrons. The molecule has 0 heterocycles. The van der Waals surface area contributed by atoms with E-state index in [1.54, 1.807) is 31.2 Å². The predicted molar refractivity (Wildman–Crippen MR) is 102 cm³/mol. The second-order valence-corrected chi connectivity index (χ2v) is 5.53. The van der Waals surface area contributed by atoms with Crippen molar-refractivity contribution < 1.29 is 19.8 Å². The van der Waals surface area contributed by atoms with Crippen LogP contribution in [0.25, 0.3) is 0 Å². The van der Waals surface area contributed by atoms with Gasteiger partial charge >= 0.3 is 0 Å². The zero-order valence-corrected chi connectivity index (χ0v) is 14.9. The minimum Gasteiger partial charge on any atom is -0.507 e. The van der Waals surface area contributed by atoms with Crippen LogP contribution in [0.2, 0.25) is 0 Å². The smallest absolute Gasteiger partial charge is 0.275 e. The van der Waals surface area contributed by atoms with Gasteiger partial charge in [0.1, 0.15) is 11.5 Å². The van der Waals surface area contributed by atoms with Gasteiger partial charge in [0.15, 0.2) is 0 Å². The topological polar surface area (TPSA) is 123 Å². The van der Waals surface area contributed by atoms with E-state index in [0.29, 0.717) is 17.8 Å². The molecule has 0 aliphatic rings. The van der Waals surface area contributed by atoms with Gasteiger partial charge in [-0.2, -0.15) is 10.2 Å². The van der Waals surface area contributed by atoms with Gasteiger partial charge in [0.05, 0.1) is 22.6 Å². The lowest BCUT2D eigenvalue weighted by molar-refractivity contribution is 0.0943. The average Bonchev–Trinajstić information content (AvgIpc) is 2.67. The summed E-state index contributed by atoms with van der Waals surface area (Å²) in [4.78, 5) is 24.1. The molecular weight excluding hydrogens is 348 g/mol. The van der Waals surface area contributed by atoms with E-state index in [1.807, 2.05) is 6.92 Å². The molecule has 27 heavy (non-hydrogen) atoms. The van der Waals surface area contributed by atoms with Crippen LogP contribution in [0.15, 0.2) is 58.7 Å². The molecule has 0 aliphatic carbocycles. The number of hydrogen-bond donors (Lipinski definition) is 4. The van der Waals surface area contributed by atoms with Crippen LogP contribution in [0.1, 0.15) is 41.0 Å². The Bertz CT molecular complexity index is 906. The van der Waals surface area contributed by atoms with Crippen LogP contribution in [-0.4, -0.2) is 33.5 Å². The lowest BCUT2D eigenvalue weighted by Gasteiger charge is -2.07. The Morgan fingerprint density at radius 1 is 0.852 bits per heavy atom. The summed E-state index contributed by atoms with van der Waals surface area (Å²) in [6, 6.07) is 12.2. The standard InChI is InChI=1S/C19H20N4O4/c1-3-15(21-23-19(27)14-9-5-7-11-17(14)25)12(2)20-22-18(26)13-8-4-6-10-16(13)24/h4-11,24-25H,3H2,1-2H3,(H,22,26)(H,23,27)/b20-12+,21-15+. The number of nitrogens with zero attached hydrogens (tertiary/aromatic N) is 2. The first-order valence-electron chi connectivity index (χ1n) is 8.22. The van der Waals surface area contributed by atoms with Crippen molar-refractivity contribution in [1.82, 2.24) is 10.9 Å². The molecule has 0 radical (unpaired) electrons. The van der Waals surface area contributed by atoms with Crippen LogP contribution < -0.4 is 10.9 Å². The first-order valence-corrected chi connectivity index (χ1v) is 8.22. The Labute approximate surface area is 156 Å². The van der Waals surface area contributed by atoms with Crippen molar-refractivity contribution in [2.75, 3.05) is 0 Å². The molecule has 2 aromatic rings. The van der Waals surface area contributed by atoms with E-state index in [4.69, 9.17) is 0 Å². The average molecular weight is 368 g/mol. The van der Waals surface area contributed by atoms with Crippen LogP contribution >= 0.6 is 0 Å². The number of carbonyl (C=O) groups is 2. The van der Waals surface area contributed by atoms with Crippen molar-refractivity contribution in [2.24, 2.45) is 10.2 Å². The predicted octanol–water partition coefficient (Wildman–Crippen LogP) is 2.40. The van der Waals surface area contributed by atoms with Gasteiger partial charge in [-0.15, -0.1) is 0 Å². The van der Waals surface area contributed by atoms with E-state index < -0.39 is 11.8 Å². The molecule has 0 bridgehead atoms. The number of amides is 2. The van der Waals surface area contributed by atoms with Gasteiger partial charge in [0.25, 0.3) is 11.8 Å². The number of para-hydroxylation sites is 2. The van der Waals surface area contributed by atoms with Gasteiger partial charge in [0.2, 0.25) is 0 Å². The van der Waals surface area contributed by atoms with Crippen molar-refractivity contribution in [3.63, 3.8) is 0 Å².